The molecule has 0 amide bonds. The monoisotopic (exact) mass is 254 g/mol. The maximum atomic E-state index is 11.7. The molecule has 1 aliphatic rings. The van der Waals surface area contributed by atoms with Crippen LogP contribution in [0.5, 0.6) is 0 Å². The molecule has 0 bridgehead atoms. The molecule has 4 nitrogen and oxygen atoms in total. The lowest BCUT2D eigenvalue weighted by atomic mass is 10.1. The molecule has 0 radical (unpaired) electrons. The molecule has 0 saturated carbocycles. The minimum absolute atomic E-state index is 0. The number of sulfonamides is 1. The van der Waals surface area contributed by atoms with Crippen LogP contribution in [0.25, 0.3) is 0 Å². The minimum atomic E-state index is -3.10. The fraction of sp³-hybridized carbons (Fsp3) is 0.778. The zero-order valence-corrected chi connectivity index (χ0v) is 10.4. The molecule has 1 heterocycles. The Balaban J connectivity index is 0.00000196. The van der Waals surface area contributed by atoms with E-state index in [1.807, 2.05) is 0 Å². The van der Waals surface area contributed by atoms with Crippen molar-refractivity contribution in [2.75, 3.05) is 18.8 Å². The molecule has 1 fully saturated rings. The quantitative estimate of drug-likeness (QED) is 0.753. The molecular weight excluding hydrogens is 236 g/mol. The summed E-state index contributed by atoms with van der Waals surface area (Å²) in [7, 11) is -3.10. The molecule has 0 aromatic rings. The lowest BCUT2D eigenvalue weighted by Gasteiger charge is -2.29. The van der Waals surface area contributed by atoms with E-state index in [0.717, 1.165) is 12.8 Å². The van der Waals surface area contributed by atoms with Gasteiger partial charge in [0.05, 0.1) is 5.75 Å². The van der Waals surface area contributed by atoms with Gasteiger partial charge in [0.1, 0.15) is 0 Å². The number of allylic oxidation sites excluding steroid dienone is 1. The average molecular weight is 255 g/mol. The van der Waals surface area contributed by atoms with E-state index in [0.29, 0.717) is 19.5 Å². The van der Waals surface area contributed by atoms with E-state index < -0.39 is 10.0 Å². The van der Waals surface area contributed by atoms with Gasteiger partial charge >= 0.3 is 0 Å². The van der Waals surface area contributed by atoms with Gasteiger partial charge in [-0.15, -0.1) is 19.0 Å². The van der Waals surface area contributed by atoms with Crippen LogP contribution in [-0.4, -0.2) is 37.6 Å². The smallest absolute Gasteiger partial charge is 0.214 e. The highest BCUT2D eigenvalue weighted by Gasteiger charge is 2.26. The third-order valence-electron chi connectivity index (χ3n) is 2.39. The number of rotatable bonds is 4. The van der Waals surface area contributed by atoms with E-state index in [2.05, 4.69) is 6.58 Å². The van der Waals surface area contributed by atoms with E-state index in [9.17, 15) is 8.42 Å². The van der Waals surface area contributed by atoms with Gasteiger partial charge in [-0.05, 0) is 19.3 Å². The minimum Gasteiger partial charge on any atom is -0.327 e. The predicted molar refractivity (Wildman–Crippen MR) is 64.6 cm³/mol. The van der Waals surface area contributed by atoms with Gasteiger partial charge in [-0.3, -0.25) is 0 Å². The summed E-state index contributed by atoms with van der Waals surface area (Å²) < 4.78 is 24.9. The van der Waals surface area contributed by atoms with Gasteiger partial charge in [-0.1, -0.05) is 6.08 Å². The van der Waals surface area contributed by atoms with Crippen LogP contribution in [0.3, 0.4) is 0 Å². The van der Waals surface area contributed by atoms with Gasteiger partial charge in [0.2, 0.25) is 10.0 Å². The van der Waals surface area contributed by atoms with Crippen LogP contribution in [0.15, 0.2) is 12.7 Å². The van der Waals surface area contributed by atoms with E-state index in [1.165, 1.54) is 4.31 Å². The molecule has 1 aliphatic heterocycles. The van der Waals surface area contributed by atoms with Gasteiger partial charge in [-0.2, -0.15) is 0 Å². The van der Waals surface area contributed by atoms with Crippen molar-refractivity contribution in [1.82, 2.24) is 4.31 Å². The fourth-order valence-electron chi connectivity index (χ4n) is 1.59. The van der Waals surface area contributed by atoms with Crippen LogP contribution in [0.4, 0.5) is 0 Å². The topological polar surface area (TPSA) is 63.4 Å². The van der Waals surface area contributed by atoms with Crippen molar-refractivity contribution in [3.05, 3.63) is 12.7 Å². The summed E-state index contributed by atoms with van der Waals surface area (Å²) in [6.45, 7) is 4.61. The summed E-state index contributed by atoms with van der Waals surface area (Å²) in [4.78, 5) is 0. The second-order valence-corrected chi connectivity index (χ2v) is 5.74. The Bertz CT molecular complexity index is 292. The molecule has 0 aliphatic carbocycles. The third-order valence-corrected chi connectivity index (χ3v) is 4.26. The van der Waals surface area contributed by atoms with Gasteiger partial charge in [0.25, 0.3) is 0 Å². The number of halogens is 1. The van der Waals surface area contributed by atoms with Gasteiger partial charge < -0.3 is 5.73 Å². The highest BCUT2D eigenvalue weighted by Crippen LogP contribution is 2.13. The SMILES string of the molecule is C=CCCS(=O)(=O)N1CCCC(N)C1.Cl. The van der Waals surface area contributed by atoms with Crippen LogP contribution in [0, 0.1) is 0 Å². The fourth-order valence-corrected chi connectivity index (χ4v) is 3.14. The first kappa shape index (κ1) is 14.9. The largest absolute Gasteiger partial charge is 0.327 e. The standard InChI is InChI=1S/C9H18N2O2S.ClH/c1-2-3-7-14(12,13)11-6-4-5-9(10)8-11;/h2,9H,1,3-8,10H2;1H. The van der Waals surface area contributed by atoms with Crippen LogP contribution in [0.2, 0.25) is 0 Å². The Kier molecular flexibility index (Phi) is 6.43. The van der Waals surface area contributed by atoms with E-state index in [4.69, 9.17) is 5.73 Å². The van der Waals surface area contributed by atoms with E-state index in [-0.39, 0.29) is 24.2 Å². The first-order valence-corrected chi connectivity index (χ1v) is 6.51. The molecule has 2 N–H and O–H groups in total. The summed E-state index contributed by atoms with van der Waals surface area (Å²) >= 11 is 0. The number of nitrogens with two attached hydrogens (primary N) is 1. The lowest BCUT2D eigenvalue weighted by molar-refractivity contribution is 0.316. The van der Waals surface area contributed by atoms with Crippen LogP contribution >= 0.6 is 12.4 Å². The molecule has 6 heteroatoms. The summed E-state index contributed by atoms with van der Waals surface area (Å²) in [5.74, 6) is 0.156. The molecule has 0 spiro atoms. The molecular formula is C9H19ClN2O2S. The van der Waals surface area contributed by atoms with Crippen molar-refractivity contribution in [3.8, 4) is 0 Å². The normalized spacial score (nSPS) is 23.1. The van der Waals surface area contributed by atoms with Crippen molar-refractivity contribution in [3.63, 3.8) is 0 Å². The van der Waals surface area contributed by atoms with Crippen LogP contribution < -0.4 is 5.73 Å². The summed E-state index contributed by atoms with van der Waals surface area (Å²) in [6, 6.07) is 0.00209. The Morgan fingerprint density at radius 1 is 1.53 bits per heavy atom. The average Bonchev–Trinajstić information content (AvgIpc) is 2.15. The van der Waals surface area contributed by atoms with Crippen molar-refractivity contribution < 1.29 is 8.42 Å². The van der Waals surface area contributed by atoms with Gasteiger partial charge in [0.15, 0.2) is 0 Å². The third kappa shape index (κ3) is 4.51. The molecule has 0 aromatic heterocycles. The number of piperidine rings is 1. The zero-order chi connectivity index (χ0) is 10.6. The summed E-state index contributed by atoms with van der Waals surface area (Å²) in [5, 5.41) is 0. The van der Waals surface area contributed by atoms with E-state index >= 15 is 0 Å². The first-order chi connectivity index (χ1) is 6.56. The van der Waals surface area contributed by atoms with Crippen LogP contribution in [0.1, 0.15) is 19.3 Å². The maximum Gasteiger partial charge on any atom is 0.214 e. The number of nitrogens with zero attached hydrogens (tertiary/aromatic N) is 1. The van der Waals surface area contributed by atoms with E-state index in [1.54, 1.807) is 6.08 Å². The Morgan fingerprint density at radius 3 is 2.73 bits per heavy atom. The second kappa shape index (κ2) is 6.48. The Hall–Kier alpha value is -0.100. The molecule has 1 rings (SSSR count). The molecule has 0 aromatic carbocycles. The summed E-state index contributed by atoms with van der Waals surface area (Å²) in [6.07, 6.45) is 3.93. The lowest BCUT2D eigenvalue weighted by Crippen LogP contribution is -2.46. The van der Waals surface area contributed by atoms with Crippen molar-refractivity contribution >= 4 is 22.4 Å². The maximum absolute atomic E-state index is 11.7. The van der Waals surface area contributed by atoms with Crippen molar-refractivity contribution in [2.45, 2.75) is 25.3 Å². The highest BCUT2D eigenvalue weighted by atomic mass is 35.5. The first-order valence-electron chi connectivity index (χ1n) is 4.90. The van der Waals surface area contributed by atoms with Gasteiger partial charge in [0, 0.05) is 19.1 Å². The highest BCUT2D eigenvalue weighted by molar-refractivity contribution is 7.89. The van der Waals surface area contributed by atoms with Crippen molar-refractivity contribution in [2.24, 2.45) is 5.73 Å². The van der Waals surface area contributed by atoms with Crippen molar-refractivity contribution in [1.29, 1.82) is 0 Å². The molecule has 1 saturated heterocycles. The summed E-state index contributed by atoms with van der Waals surface area (Å²) in [5.41, 5.74) is 5.72. The van der Waals surface area contributed by atoms with Gasteiger partial charge in [-0.25, -0.2) is 12.7 Å². The molecule has 90 valence electrons. The second-order valence-electron chi connectivity index (χ2n) is 3.65. The predicted octanol–water partition coefficient (Wildman–Crippen LogP) is 0.737. The molecule has 15 heavy (non-hydrogen) atoms. The number of hydrogen-bond donors (Lipinski definition) is 1. The van der Waals surface area contributed by atoms with Crippen LogP contribution in [-0.2, 0) is 10.0 Å². The molecule has 1 atom stereocenters. The zero-order valence-electron chi connectivity index (χ0n) is 8.76. The number of hydrogen-bond acceptors (Lipinski definition) is 3. The Labute approximate surface area is 98.0 Å². The molecule has 1 unspecified atom stereocenters. The Morgan fingerprint density at radius 2 is 2.20 bits per heavy atom.